The molecule has 0 aliphatic carbocycles. The summed E-state index contributed by atoms with van der Waals surface area (Å²) in [5.74, 6) is 0.468. The van der Waals surface area contributed by atoms with Crippen molar-refractivity contribution in [3.8, 4) is 11.4 Å². The molecule has 0 spiro atoms. The van der Waals surface area contributed by atoms with Crippen LogP contribution in [0.2, 0.25) is 0 Å². The summed E-state index contributed by atoms with van der Waals surface area (Å²) >= 11 is 0. The minimum atomic E-state index is -0.872. The summed E-state index contributed by atoms with van der Waals surface area (Å²) in [5, 5.41) is 0. The van der Waals surface area contributed by atoms with E-state index in [1.807, 2.05) is 42.7 Å². The molecule has 0 bridgehead atoms. The van der Waals surface area contributed by atoms with Gasteiger partial charge in [-0.2, -0.15) is 0 Å². The number of nitrogens with zero attached hydrogens (tertiary/aromatic N) is 2. The van der Waals surface area contributed by atoms with E-state index in [-0.39, 0.29) is 11.4 Å². The zero-order valence-electron chi connectivity index (χ0n) is 16.3. The number of fused-ring (bicyclic) bond motifs is 1. The minimum absolute atomic E-state index is 0.0873. The second-order valence-electron chi connectivity index (χ2n) is 8.14. The Morgan fingerprint density at radius 3 is 2.15 bits per heavy atom. The maximum absolute atomic E-state index is 12.5. The molecule has 136 valence electrons. The molecule has 0 atom stereocenters. The summed E-state index contributed by atoms with van der Waals surface area (Å²) in [7, 11) is 1.42. The third-order valence-electron chi connectivity index (χ3n) is 4.81. The van der Waals surface area contributed by atoms with Crippen molar-refractivity contribution in [1.29, 1.82) is 0 Å². The van der Waals surface area contributed by atoms with Crippen LogP contribution in [-0.4, -0.2) is 22.6 Å². The predicted molar refractivity (Wildman–Crippen MR) is 105 cm³/mol. The van der Waals surface area contributed by atoms with Gasteiger partial charge in [0.2, 0.25) is 0 Å². The molecule has 3 aromatic rings. The Morgan fingerprint density at radius 1 is 0.962 bits per heavy atom. The largest absolute Gasteiger partial charge is 0.467 e. The number of carbonyl (C=O) groups excluding carboxylic acids is 1. The molecule has 3 rings (SSSR count). The Hall–Kier alpha value is -2.62. The Kier molecular flexibility index (Phi) is 4.39. The van der Waals surface area contributed by atoms with E-state index in [0.29, 0.717) is 0 Å². The van der Waals surface area contributed by atoms with Gasteiger partial charge in [-0.1, -0.05) is 57.2 Å². The van der Waals surface area contributed by atoms with E-state index < -0.39 is 5.54 Å². The van der Waals surface area contributed by atoms with Gasteiger partial charge in [-0.3, -0.25) is 0 Å². The van der Waals surface area contributed by atoms with Gasteiger partial charge >= 0.3 is 5.97 Å². The van der Waals surface area contributed by atoms with Crippen LogP contribution < -0.4 is 0 Å². The lowest BCUT2D eigenvalue weighted by atomic mass is 9.86. The van der Waals surface area contributed by atoms with E-state index in [2.05, 4.69) is 45.0 Å². The van der Waals surface area contributed by atoms with Crippen molar-refractivity contribution >= 4 is 17.0 Å². The van der Waals surface area contributed by atoms with Crippen LogP contribution in [0.4, 0.5) is 0 Å². The van der Waals surface area contributed by atoms with Crippen LogP contribution in [0.25, 0.3) is 22.4 Å². The molecular weight excluding hydrogens is 324 g/mol. The highest BCUT2D eigenvalue weighted by atomic mass is 16.5. The normalized spacial score (nSPS) is 12.4. The average Bonchev–Trinajstić information content (AvgIpc) is 3.00. The number of hydrogen-bond donors (Lipinski definition) is 0. The fraction of sp³-hybridized carbons (Fsp3) is 0.364. The van der Waals surface area contributed by atoms with Crippen LogP contribution in [0, 0.1) is 0 Å². The molecule has 0 saturated heterocycles. The van der Waals surface area contributed by atoms with E-state index >= 15 is 0 Å². The van der Waals surface area contributed by atoms with Gasteiger partial charge in [0.05, 0.1) is 18.1 Å². The fourth-order valence-corrected chi connectivity index (χ4v) is 3.25. The van der Waals surface area contributed by atoms with Gasteiger partial charge in [-0.15, -0.1) is 0 Å². The zero-order valence-corrected chi connectivity index (χ0v) is 16.3. The summed E-state index contributed by atoms with van der Waals surface area (Å²) in [5.41, 5.74) is 3.23. The monoisotopic (exact) mass is 350 g/mol. The minimum Gasteiger partial charge on any atom is -0.467 e. The maximum Gasteiger partial charge on any atom is 0.331 e. The first-order valence-electron chi connectivity index (χ1n) is 8.83. The average molecular weight is 350 g/mol. The molecule has 0 radical (unpaired) electrons. The number of para-hydroxylation sites is 2. The van der Waals surface area contributed by atoms with Gasteiger partial charge in [0, 0.05) is 5.56 Å². The summed E-state index contributed by atoms with van der Waals surface area (Å²) < 4.78 is 7.03. The molecule has 1 heterocycles. The van der Waals surface area contributed by atoms with Crippen LogP contribution in [0.5, 0.6) is 0 Å². The topological polar surface area (TPSA) is 44.1 Å². The van der Waals surface area contributed by atoms with Crippen molar-refractivity contribution in [2.24, 2.45) is 0 Å². The van der Waals surface area contributed by atoms with Crippen LogP contribution in [0.1, 0.15) is 40.2 Å². The number of carbonyl (C=O) groups is 1. The molecule has 0 fully saturated rings. The van der Waals surface area contributed by atoms with Crippen molar-refractivity contribution in [3.63, 3.8) is 0 Å². The molecule has 0 saturated carbocycles. The Bertz CT molecular complexity index is 944. The predicted octanol–water partition coefficient (Wildman–Crippen LogP) is 4.91. The molecule has 0 N–H and O–H groups in total. The van der Waals surface area contributed by atoms with E-state index in [1.54, 1.807) is 0 Å². The van der Waals surface area contributed by atoms with Crippen LogP contribution >= 0.6 is 0 Å². The molecular formula is C22H26N2O2. The number of ether oxygens (including phenoxy) is 1. The van der Waals surface area contributed by atoms with Crippen molar-refractivity contribution in [3.05, 3.63) is 54.1 Å². The maximum atomic E-state index is 12.5. The van der Waals surface area contributed by atoms with Crippen molar-refractivity contribution in [2.75, 3.05) is 7.11 Å². The number of esters is 1. The van der Waals surface area contributed by atoms with E-state index in [0.717, 1.165) is 22.4 Å². The standard InChI is InChI=1S/C22H26N2O2/c1-21(2,3)16-13-11-15(12-14-16)19-23-17-9-7-8-10-18(17)24(19)22(4,5)20(25)26-6/h7-14H,1-6H3. The second kappa shape index (κ2) is 6.27. The Balaban J connectivity index is 2.23. The lowest BCUT2D eigenvalue weighted by Crippen LogP contribution is -2.37. The Morgan fingerprint density at radius 2 is 1.58 bits per heavy atom. The highest BCUT2D eigenvalue weighted by molar-refractivity contribution is 5.86. The SMILES string of the molecule is COC(=O)C(C)(C)n1c(-c2ccc(C(C)(C)C)cc2)nc2ccccc21. The van der Waals surface area contributed by atoms with Gasteiger partial charge in [0.1, 0.15) is 11.4 Å². The van der Waals surface area contributed by atoms with Gasteiger partial charge in [0.15, 0.2) is 0 Å². The van der Waals surface area contributed by atoms with E-state index in [9.17, 15) is 4.79 Å². The number of hydrogen-bond acceptors (Lipinski definition) is 3. The molecule has 0 aliphatic rings. The first kappa shape index (κ1) is 18.2. The van der Waals surface area contributed by atoms with E-state index in [1.165, 1.54) is 12.7 Å². The number of benzene rings is 2. The van der Waals surface area contributed by atoms with Crippen LogP contribution in [-0.2, 0) is 20.5 Å². The number of rotatable bonds is 3. The highest BCUT2D eigenvalue weighted by Crippen LogP contribution is 2.33. The molecule has 0 amide bonds. The fourth-order valence-electron chi connectivity index (χ4n) is 3.25. The first-order chi connectivity index (χ1) is 12.2. The van der Waals surface area contributed by atoms with Gasteiger partial charge in [-0.05, 0) is 37.0 Å². The summed E-state index contributed by atoms with van der Waals surface area (Å²) in [6, 6.07) is 16.3. The van der Waals surface area contributed by atoms with Crippen molar-refractivity contribution in [1.82, 2.24) is 9.55 Å². The molecule has 1 aromatic heterocycles. The summed E-state index contributed by atoms with van der Waals surface area (Å²) in [4.78, 5) is 17.3. The highest BCUT2D eigenvalue weighted by Gasteiger charge is 2.35. The van der Waals surface area contributed by atoms with Gasteiger partial charge < -0.3 is 9.30 Å². The van der Waals surface area contributed by atoms with Crippen molar-refractivity contribution in [2.45, 2.75) is 45.6 Å². The number of aromatic nitrogens is 2. The molecule has 0 unspecified atom stereocenters. The lowest BCUT2D eigenvalue weighted by molar-refractivity contribution is -0.149. The van der Waals surface area contributed by atoms with Gasteiger partial charge in [-0.25, -0.2) is 9.78 Å². The van der Waals surface area contributed by atoms with Gasteiger partial charge in [0.25, 0.3) is 0 Å². The summed E-state index contributed by atoms with van der Waals surface area (Å²) in [6.07, 6.45) is 0. The third-order valence-corrected chi connectivity index (χ3v) is 4.81. The zero-order chi connectivity index (χ0) is 19.1. The third kappa shape index (κ3) is 3.00. The van der Waals surface area contributed by atoms with Crippen LogP contribution in [0.3, 0.4) is 0 Å². The number of methoxy groups -OCH3 is 1. The van der Waals surface area contributed by atoms with E-state index in [4.69, 9.17) is 9.72 Å². The summed E-state index contributed by atoms with van der Waals surface area (Å²) in [6.45, 7) is 10.3. The lowest BCUT2D eigenvalue weighted by Gasteiger charge is -2.26. The molecule has 4 nitrogen and oxygen atoms in total. The second-order valence-corrected chi connectivity index (χ2v) is 8.14. The van der Waals surface area contributed by atoms with Crippen molar-refractivity contribution < 1.29 is 9.53 Å². The molecule has 26 heavy (non-hydrogen) atoms. The molecule has 2 aromatic carbocycles. The number of imidazole rings is 1. The molecule has 0 aliphatic heterocycles. The molecule has 4 heteroatoms. The Labute approximate surface area is 154 Å². The first-order valence-corrected chi connectivity index (χ1v) is 8.83. The quantitative estimate of drug-likeness (QED) is 0.631. The van der Waals surface area contributed by atoms with Crippen LogP contribution in [0.15, 0.2) is 48.5 Å². The smallest absolute Gasteiger partial charge is 0.331 e.